The Balaban J connectivity index is 1.89. The molecule has 1 aromatic rings. The van der Waals surface area contributed by atoms with Crippen LogP contribution in [0, 0.1) is 0 Å². The molecule has 0 aliphatic carbocycles. The zero-order valence-corrected chi connectivity index (χ0v) is 11.0. The van der Waals surface area contributed by atoms with Gasteiger partial charge < -0.3 is 9.84 Å². The number of aliphatic carboxylic acids is 1. The molecule has 0 aromatic heterocycles. The second-order valence-corrected chi connectivity index (χ2v) is 6.41. The average Bonchev–Trinajstić information content (AvgIpc) is 2.69. The van der Waals surface area contributed by atoms with Crippen LogP contribution in [0.15, 0.2) is 24.3 Å². The van der Waals surface area contributed by atoms with Gasteiger partial charge in [0.1, 0.15) is 11.9 Å². The number of fused-ring (bicyclic) bond motifs is 1. The van der Waals surface area contributed by atoms with E-state index in [1.165, 1.54) is 0 Å². The third kappa shape index (κ3) is 3.10. The van der Waals surface area contributed by atoms with Gasteiger partial charge in [-0.3, -0.25) is 9.00 Å². The summed E-state index contributed by atoms with van der Waals surface area (Å²) in [5.41, 5.74) is 1.13. The van der Waals surface area contributed by atoms with Crippen LogP contribution < -0.4 is 4.74 Å². The summed E-state index contributed by atoms with van der Waals surface area (Å²) in [5.74, 6) is 0.334. The smallest absolute Gasteiger partial charge is 0.304 e. The second kappa shape index (κ2) is 5.52. The molecule has 3 unspecified atom stereocenters. The second-order valence-electron chi connectivity index (χ2n) is 4.51. The lowest BCUT2D eigenvalue weighted by Gasteiger charge is -2.13. The van der Waals surface area contributed by atoms with E-state index in [4.69, 9.17) is 9.84 Å². The van der Waals surface area contributed by atoms with Crippen LogP contribution >= 0.6 is 0 Å². The number of benzene rings is 1. The van der Waals surface area contributed by atoms with Gasteiger partial charge in [0, 0.05) is 22.5 Å². The predicted molar refractivity (Wildman–Crippen MR) is 69.3 cm³/mol. The van der Waals surface area contributed by atoms with E-state index < -0.39 is 16.8 Å². The molecule has 98 valence electrons. The first-order chi connectivity index (χ1) is 8.56. The van der Waals surface area contributed by atoms with Crippen molar-refractivity contribution < 1.29 is 18.8 Å². The molecule has 18 heavy (non-hydrogen) atoms. The van der Waals surface area contributed by atoms with Crippen molar-refractivity contribution in [1.29, 1.82) is 0 Å². The molecule has 1 aliphatic heterocycles. The third-order valence-corrected chi connectivity index (χ3v) is 4.74. The van der Waals surface area contributed by atoms with Crippen molar-refractivity contribution in [3.8, 4) is 5.75 Å². The van der Waals surface area contributed by atoms with Crippen LogP contribution in [-0.2, 0) is 22.0 Å². The van der Waals surface area contributed by atoms with Crippen molar-refractivity contribution >= 4 is 16.8 Å². The van der Waals surface area contributed by atoms with Crippen molar-refractivity contribution in [2.45, 2.75) is 31.1 Å². The van der Waals surface area contributed by atoms with E-state index in [1.807, 2.05) is 24.3 Å². The quantitative estimate of drug-likeness (QED) is 0.881. The summed E-state index contributed by atoms with van der Waals surface area (Å²) in [6, 6.07) is 7.76. The van der Waals surface area contributed by atoms with Crippen molar-refractivity contribution in [1.82, 2.24) is 0 Å². The van der Waals surface area contributed by atoms with E-state index in [1.54, 1.807) is 6.92 Å². The first-order valence-electron chi connectivity index (χ1n) is 5.90. The van der Waals surface area contributed by atoms with E-state index in [0.717, 1.165) is 17.7 Å². The normalized spacial score (nSPS) is 20.8. The number of carboxylic acid groups (broad SMARTS) is 1. The SMILES string of the molecule is CC(CC(=O)O)S(=O)CC1Cc2ccccc2O1. The molecule has 4 nitrogen and oxygen atoms in total. The van der Waals surface area contributed by atoms with E-state index in [9.17, 15) is 9.00 Å². The van der Waals surface area contributed by atoms with Gasteiger partial charge in [0.05, 0.1) is 12.2 Å². The molecule has 1 aromatic carbocycles. The van der Waals surface area contributed by atoms with Crippen LogP contribution in [0.5, 0.6) is 5.75 Å². The van der Waals surface area contributed by atoms with Crippen LogP contribution in [-0.4, -0.2) is 32.4 Å². The number of carboxylic acids is 1. The minimum absolute atomic E-state index is 0.0632. The van der Waals surface area contributed by atoms with Crippen LogP contribution in [0.25, 0.3) is 0 Å². The van der Waals surface area contributed by atoms with Crippen molar-refractivity contribution in [2.75, 3.05) is 5.75 Å². The fourth-order valence-electron chi connectivity index (χ4n) is 2.03. The van der Waals surface area contributed by atoms with Crippen LogP contribution in [0.3, 0.4) is 0 Å². The number of hydrogen-bond acceptors (Lipinski definition) is 3. The Morgan fingerprint density at radius 2 is 2.28 bits per heavy atom. The highest BCUT2D eigenvalue weighted by Crippen LogP contribution is 2.28. The third-order valence-electron chi connectivity index (χ3n) is 2.97. The van der Waals surface area contributed by atoms with Gasteiger partial charge >= 0.3 is 5.97 Å². The molecule has 1 N–H and O–H groups in total. The molecule has 0 spiro atoms. The lowest BCUT2D eigenvalue weighted by molar-refractivity contribution is -0.136. The summed E-state index contributed by atoms with van der Waals surface area (Å²) in [6.45, 7) is 1.70. The molecule has 0 radical (unpaired) electrons. The summed E-state index contributed by atoms with van der Waals surface area (Å²) in [4.78, 5) is 10.6. The highest BCUT2D eigenvalue weighted by atomic mass is 32.2. The molecule has 0 fully saturated rings. The monoisotopic (exact) mass is 268 g/mol. The Morgan fingerprint density at radius 1 is 1.56 bits per heavy atom. The van der Waals surface area contributed by atoms with E-state index >= 15 is 0 Å². The minimum Gasteiger partial charge on any atom is -0.489 e. The molecule has 0 amide bonds. The Kier molecular flexibility index (Phi) is 4.01. The zero-order valence-electron chi connectivity index (χ0n) is 10.2. The van der Waals surface area contributed by atoms with Crippen LogP contribution in [0.1, 0.15) is 18.9 Å². The van der Waals surface area contributed by atoms with E-state index in [-0.39, 0.29) is 17.8 Å². The highest BCUT2D eigenvalue weighted by Gasteiger charge is 2.26. The Morgan fingerprint density at radius 3 is 2.94 bits per heavy atom. The summed E-state index contributed by atoms with van der Waals surface area (Å²) in [7, 11) is -1.17. The number of para-hydroxylation sites is 1. The van der Waals surface area contributed by atoms with Crippen LogP contribution in [0.2, 0.25) is 0 Å². The van der Waals surface area contributed by atoms with E-state index in [2.05, 4.69) is 0 Å². The maximum Gasteiger partial charge on any atom is 0.304 e. The molecular formula is C13H16O4S. The standard InChI is InChI=1S/C13H16O4S/c1-9(6-13(14)15)18(16)8-11-7-10-4-2-3-5-12(10)17-11/h2-5,9,11H,6-8H2,1H3,(H,14,15). The van der Waals surface area contributed by atoms with Gasteiger partial charge in [-0.2, -0.15) is 0 Å². The highest BCUT2D eigenvalue weighted by molar-refractivity contribution is 7.85. The maximum atomic E-state index is 12.0. The summed E-state index contributed by atoms with van der Waals surface area (Å²) < 4.78 is 17.6. The molecule has 0 bridgehead atoms. The van der Waals surface area contributed by atoms with E-state index in [0.29, 0.717) is 5.75 Å². The van der Waals surface area contributed by atoms with Gasteiger partial charge in [0.25, 0.3) is 0 Å². The van der Waals surface area contributed by atoms with Gasteiger partial charge in [-0.25, -0.2) is 0 Å². The number of rotatable bonds is 5. The van der Waals surface area contributed by atoms with Crippen molar-refractivity contribution in [3.05, 3.63) is 29.8 Å². The predicted octanol–water partition coefficient (Wildman–Crippen LogP) is 1.60. The van der Waals surface area contributed by atoms with Gasteiger partial charge in [-0.1, -0.05) is 25.1 Å². The first kappa shape index (κ1) is 13.1. The maximum absolute atomic E-state index is 12.0. The molecule has 3 atom stereocenters. The molecule has 1 aliphatic rings. The van der Waals surface area contributed by atoms with Gasteiger partial charge in [0.15, 0.2) is 0 Å². The van der Waals surface area contributed by atoms with Crippen molar-refractivity contribution in [2.24, 2.45) is 0 Å². The number of ether oxygens (including phenoxy) is 1. The zero-order chi connectivity index (χ0) is 13.1. The molecule has 0 saturated carbocycles. The lowest BCUT2D eigenvalue weighted by Crippen LogP contribution is -2.27. The molecule has 5 heteroatoms. The molecular weight excluding hydrogens is 252 g/mol. The first-order valence-corrected chi connectivity index (χ1v) is 7.28. The fraction of sp³-hybridized carbons (Fsp3) is 0.462. The topological polar surface area (TPSA) is 63.6 Å². The summed E-state index contributed by atoms with van der Waals surface area (Å²) in [5, 5.41) is 8.33. The lowest BCUT2D eigenvalue weighted by atomic mass is 10.1. The van der Waals surface area contributed by atoms with Crippen LogP contribution in [0.4, 0.5) is 0 Å². The van der Waals surface area contributed by atoms with Gasteiger partial charge in [0.2, 0.25) is 0 Å². The summed E-state index contributed by atoms with van der Waals surface area (Å²) in [6.07, 6.45) is 0.591. The Hall–Kier alpha value is -1.36. The van der Waals surface area contributed by atoms with Gasteiger partial charge in [-0.15, -0.1) is 0 Å². The fourth-order valence-corrected chi connectivity index (χ4v) is 3.24. The van der Waals surface area contributed by atoms with Crippen molar-refractivity contribution in [3.63, 3.8) is 0 Å². The molecule has 2 rings (SSSR count). The Bertz CT molecular complexity index is 447. The molecule has 1 heterocycles. The minimum atomic E-state index is -1.17. The Labute approximate surface area is 108 Å². The number of hydrogen-bond donors (Lipinski definition) is 1. The largest absolute Gasteiger partial charge is 0.489 e. The average molecular weight is 268 g/mol. The molecule has 0 saturated heterocycles. The number of carbonyl (C=O) groups is 1. The summed E-state index contributed by atoms with van der Waals surface area (Å²) >= 11 is 0. The van der Waals surface area contributed by atoms with Gasteiger partial charge in [-0.05, 0) is 11.6 Å².